The van der Waals surface area contributed by atoms with E-state index in [1.807, 2.05) is 27.7 Å². The van der Waals surface area contributed by atoms with Crippen molar-refractivity contribution < 1.29 is 42.9 Å². The van der Waals surface area contributed by atoms with Gasteiger partial charge in [-0.1, -0.05) is 25.5 Å². The lowest BCUT2D eigenvalue weighted by Gasteiger charge is -2.70. The number of esters is 4. The Balaban J connectivity index is 1.72. The number of carbonyl (C=O) groups excluding carboxylic acids is 4. The molecule has 10 nitrogen and oxygen atoms in total. The molecule has 0 radical (unpaired) electrons. The zero-order valence-electron chi connectivity index (χ0n) is 23.9. The molecule has 3 heterocycles. The minimum Gasteiger partial charge on any atom is -0.462 e. The normalized spacial score (nSPS) is 40.2. The fourth-order valence-electron chi connectivity index (χ4n) is 7.96. The number of carbonyl (C=O) groups is 4. The molecule has 1 aromatic rings. The minimum absolute atomic E-state index is 0.0247. The summed E-state index contributed by atoms with van der Waals surface area (Å²) in [6.07, 6.45) is 4.00. The fourth-order valence-corrected chi connectivity index (χ4v) is 7.96. The van der Waals surface area contributed by atoms with Crippen LogP contribution < -0.4 is 0 Å². The molecule has 2 aliphatic heterocycles. The maximum Gasteiger partial charge on any atom is 0.340 e. The van der Waals surface area contributed by atoms with Gasteiger partial charge in [0.2, 0.25) is 0 Å². The van der Waals surface area contributed by atoms with E-state index in [2.05, 4.69) is 11.1 Å². The first kappa shape index (κ1) is 28.3. The van der Waals surface area contributed by atoms with Gasteiger partial charge in [-0.3, -0.25) is 19.4 Å². The summed E-state index contributed by atoms with van der Waals surface area (Å²) in [7, 11) is 0. The Bertz CT molecular complexity index is 1260. The van der Waals surface area contributed by atoms with Crippen LogP contribution in [-0.4, -0.2) is 65.0 Å². The second-order valence-electron chi connectivity index (χ2n) is 12.2. The molecule has 0 bridgehead atoms. The van der Waals surface area contributed by atoms with Crippen molar-refractivity contribution in [3.05, 3.63) is 41.7 Å². The Morgan fingerprint density at radius 2 is 1.77 bits per heavy atom. The number of cyclic esters (lactones) is 1. The Morgan fingerprint density at radius 1 is 1.05 bits per heavy atom. The average Bonchev–Trinajstić information content (AvgIpc) is 3.24. The van der Waals surface area contributed by atoms with Gasteiger partial charge in [-0.05, 0) is 44.7 Å². The van der Waals surface area contributed by atoms with E-state index in [1.165, 1.54) is 20.0 Å². The van der Waals surface area contributed by atoms with Crippen LogP contribution >= 0.6 is 0 Å². The predicted octanol–water partition coefficient (Wildman–Crippen LogP) is 3.72. The van der Waals surface area contributed by atoms with E-state index in [9.17, 15) is 19.2 Å². The van der Waals surface area contributed by atoms with Crippen LogP contribution in [0.25, 0.3) is 0 Å². The lowest BCUT2D eigenvalue weighted by molar-refractivity contribution is -0.363. The minimum atomic E-state index is -1.34. The summed E-state index contributed by atoms with van der Waals surface area (Å²) in [5.74, 6) is -2.29. The van der Waals surface area contributed by atoms with Gasteiger partial charge in [-0.25, -0.2) is 4.79 Å². The molecule has 3 fully saturated rings. The summed E-state index contributed by atoms with van der Waals surface area (Å²) < 4.78 is 30.7. The van der Waals surface area contributed by atoms with Gasteiger partial charge in [0.25, 0.3) is 0 Å². The van der Waals surface area contributed by atoms with E-state index in [-0.39, 0.29) is 30.9 Å². The van der Waals surface area contributed by atoms with E-state index in [4.69, 9.17) is 23.7 Å². The highest BCUT2D eigenvalue weighted by Gasteiger charge is 2.77. The van der Waals surface area contributed by atoms with Crippen molar-refractivity contribution in [1.82, 2.24) is 4.98 Å². The van der Waals surface area contributed by atoms with Gasteiger partial charge in [0.15, 0.2) is 12.2 Å². The summed E-state index contributed by atoms with van der Waals surface area (Å²) in [5, 5.41) is 0. The second-order valence-corrected chi connectivity index (χ2v) is 12.2. The van der Waals surface area contributed by atoms with Gasteiger partial charge < -0.3 is 23.7 Å². The third-order valence-electron chi connectivity index (χ3n) is 10.0. The Kier molecular flexibility index (Phi) is 6.84. The lowest BCUT2D eigenvalue weighted by atomic mass is 9.41. The van der Waals surface area contributed by atoms with Crippen LogP contribution in [0.3, 0.4) is 0 Å². The molecule has 2 saturated heterocycles. The summed E-state index contributed by atoms with van der Waals surface area (Å²) in [6, 6.07) is 3.25. The highest BCUT2D eigenvalue weighted by Crippen LogP contribution is 2.69. The largest absolute Gasteiger partial charge is 0.462 e. The van der Waals surface area contributed by atoms with Crippen molar-refractivity contribution in [2.45, 2.75) is 96.7 Å². The zero-order valence-corrected chi connectivity index (χ0v) is 23.9. The molecule has 0 aromatic carbocycles. The monoisotopic (exact) mass is 555 g/mol. The Hall–Kier alpha value is -3.27. The van der Waals surface area contributed by atoms with Crippen LogP contribution in [0.4, 0.5) is 0 Å². The van der Waals surface area contributed by atoms with Gasteiger partial charge in [0, 0.05) is 43.5 Å². The zero-order chi connectivity index (χ0) is 29.1. The summed E-state index contributed by atoms with van der Waals surface area (Å²) in [4.78, 5) is 55.1. The van der Waals surface area contributed by atoms with Gasteiger partial charge in [0.05, 0.1) is 12.0 Å². The molecule has 216 valence electrons. The molecular weight excluding hydrogens is 518 g/mol. The highest BCUT2D eigenvalue weighted by molar-refractivity contribution is 5.89. The molecule has 4 aliphatic rings. The van der Waals surface area contributed by atoms with E-state index in [0.29, 0.717) is 6.42 Å². The SMILES string of the molecule is CC(=O)O[C@H]1C[C@]2(COC(=O)C2)O[C@@]2(C)[C@@H](OC(C)=O)[C@H](OC(=O)c3cccnc3)[C@@]3(C)C(C)=CCC[C@@H]3[C@@]12C. The molecule has 0 unspecified atom stereocenters. The molecule has 5 rings (SSSR count). The predicted molar refractivity (Wildman–Crippen MR) is 140 cm³/mol. The van der Waals surface area contributed by atoms with Crippen molar-refractivity contribution >= 4 is 23.9 Å². The van der Waals surface area contributed by atoms with E-state index in [0.717, 1.165) is 12.0 Å². The van der Waals surface area contributed by atoms with Crippen LogP contribution in [0, 0.1) is 16.7 Å². The Morgan fingerprint density at radius 3 is 2.38 bits per heavy atom. The van der Waals surface area contributed by atoms with Gasteiger partial charge in [-0.2, -0.15) is 0 Å². The maximum absolute atomic E-state index is 13.5. The van der Waals surface area contributed by atoms with Crippen LogP contribution in [-0.2, 0) is 38.1 Å². The molecule has 10 heteroatoms. The fraction of sp³-hybridized carbons (Fsp3) is 0.633. The topological polar surface area (TPSA) is 127 Å². The second kappa shape index (κ2) is 9.68. The number of hydrogen-bond donors (Lipinski definition) is 0. The Labute approximate surface area is 233 Å². The van der Waals surface area contributed by atoms with Crippen molar-refractivity contribution in [3.63, 3.8) is 0 Å². The number of hydrogen-bond acceptors (Lipinski definition) is 10. The smallest absolute Gasteiger partial charge is 0.340 e. The van der Waals surface area contributed by atoms with E-state index >= 15 is 0 Å². The number of rotatable bonds is 4. The molecule has 0 amide bonds. The summed E-state index contributed by atoms with van der Waals surface area (Å²) >= 11 is 0. The van der Waals surface area contributed by atoms with Crippen LogP contribution in [0.5, 0.6) is 0 Å². The van der Waals surface area contributed by atoms with Crippen molar-refractivity contribution in [3.8, 4) is 0 Å². The van der Waals surface area contributed by atoms with E-state index in [1.54, 1.807) is 18.3 Å². The van der Waals surface area contributed by atoms with Gasteiger partial charge in [0.1, 0.15) is 23.9 Å². The van der Waals surface area contributed by atoms with Crippen LogP contribution in [0.15, 0.2) is 36.2 Å². The number of ether oxygens (including phenoxy) is 5. The third kappa shape index (κ3) is 4.14. The number of fused-ring (bicyclic) bond motifs is 3. The van der Waals surface area contributed by atoms with Crippen LogP contribution in [0.2, 0.25) is 0 Å². The molecule has 1 spiro atoms. The molecule has 40 heavy (non-hydrogen) atoms. The molecule has 2 aliphatic carbocycles. The number of aromatic nitrogens is 1. The first-order valence-electron chi connectivity index (χ1n) is 13.8. The van der Waals surface area contributed by atoms with Crippen molar-refractivity contribution in [2.24, 2.45) is 16.7 Å². The molecule has 1 saturated carbocycles. The van der Waals surface area contributed by atoms with Crippen molar-refractivity contribution in [1.29, 1.82) is 0 Å². The van der Waals surface area contributed by atoms with Crippen LogP contribution in [0.1, 0.15) is 77.6 Å². The van der Waals surface area contributed by atoms with Gasteiger partial charge >= 0.3 is 23.9 Å². The van der Waals surface area contributed by atoms with Crippen molar-refractivity contribution in [2.75, 3.05) is 6.61 Å². The molecule has 1 aromatic heterocycles. The average molecular weight is 556 g/mol. The van der Waals surface area contributed by atoms with Gasteiger partial charge in [-0.15, -0.1) is 0 Å². The number of pyridine rings is 1. The van der Waals surface area contributed by atoms with E-state index < -0.39 is 64.2 Å². The molecular formula is C30H37NO9. The summed E-state index contributed by atoms with van der Waals surface area (Å²) in [6.45, 7) is 10.5. The highest BCUT2D eigenvalue weighted by atomic mass is 16.6. The third-order valence-corrected chi connectivity index (χ3v) is 10.0. The summed E-state index contributed by atoms with van der Waals surface area (Å²) in [5.41, 5.74) is -2.92. The first-order chi connectivity index (χ1) is 18.8. The first-order valence-corrected chi connectivity index (χ1v) is 13.8. The maximum atomic E-state index is 13.5. The molecule has 0 N–H and O–H groups in total. The number of allylic oxidation sites excluding steroid dienone is 1. The lowest BCUT2D eigenvalue weighted by Crippen LogP contribution is -2.80. The number of nitrogens with zero attached hydrogens (tertiary/aromatic N) is 1. The molecule has 8 atom stereocenters. The standard InChI is InChI=1S/C30H37NO9/c1-17-9-7-11-21-27(17,4)24(39-26(35)20-10-8-12-31-15-20)25(38-19(3)33)29(6)28(21,5)22(37-18(2)32)13-30(40-29)14-23(34)36-16-30/h8-10,12,15,21-22,24-25H,7,11,13-14,16H2,1-6H3/t21-,22-,24-,25-,27-,28-,29-,30-/m0/s1. The quantitative estimate of drug-likeness (QED) is 0.308.